The molecule has 0 N–H and O–H groups in total. The van der Waals surface area contributed by atoms with Crippen molar-refractivity contribution in [2.75, 3.05) is 44.7 Å². The number of piperidine rings is 1. The monoisotopic (exact) mass is 365 g/mol. The summed E-state index contributed by atoms with van der Waals surface area (Å²) < 4.78 is 46.0. The van der Waals surface area contributed by atoms with E-state index in [0.717, 1.165) is 57.4 Å². The lowest BCUT2D eigenvalue weighted by Crippen LogP contribution is -2.56. The predicted octanol–water partition coefficient (Wildman–Crippen LogP) is 3.55. The van der Waals surface area contributed by atoms with Crippen LogP contribution in [0.3, 0.4) is 0 Å². The number of hydrogen-bond acceptors (Lipinski definition) is 4. The Hall–Kier alpha value is -1.86. The largest absolute Gasteiger partial charge is 0.418 e. The molecule has 1 aromatic heterocycles. The second-order valence-corrected chi connectivity index (χ2v) is 7.29. The maximum absolute atomic E-state index is 13.3. The molecule has 0 aliphatic carbocycles. The molecule has 0 bridgehead atoms. The molecule has 4 rings (SSSR count). The summed E-state index contributed by atoms with van der Waals surface area (Å²) in [6, 6.07) is 6.09. The number of aromatic nitrogens is 1. The van der Waals surface area contributed by atoms with Gasteiger partial charge in [0.05, 0.1) is 23.3 Å². The molecule has 0 unspecified atom stereocenters. The number of para-hydroxylation sites is 1. The van der Waals surface area contributed by atoms with Gasteiger partial charge in [-0.3, -0.25) is 4.98 Å². The van der Waals surface area contributed by atoms with E-state index in [0.29, 0.717) is 5.39 Å². The van der Waals surface area contributed by atoms with E-state index >= 15 is 0 Å². The van der Waals surface area contributed by atoms with E-state index in [1.54, 1.807) is 6.07 Å². The Morgan fingerprint density at radius 2 is 1.88 bits per heavy atom. The highest BCUT2D eigenvalue weighted by atomic mass is 19.4. The molecule has 1 aromatic carbocycles. The van der Waals surface area contributed by atoms with Gasteiger partial charge in [0.2, 0.25) is 0 Å². The van der Waals surface area contributed by atoms with Gasteiger partial charge in [0.1, 0.15) is 0 Å². The fourth-order valence-corrected chi connectivity index (χ4v) is 4.16. The lowest BCUT2D eigenvalue weighted by atomic mass is 9.89. The summed E-state index contributed by atoms with van der Waals surface area (Å²) in [5.41, 5.74) is 0.0397. The molecule has 0 saturated carbocycles. The van der Waals surface area contributed by atoms with Crippen LogP contribution < -0.4 is 4.90 Å². The Bertz CT molecular complexity index is 800. The molecular formula is C19H22F3N3O. The average Bonchev–Trinajstić information content (AvgIpc) is 2.60. The van der Waals surface area contributed by atoms with Crippen LogP contribution in [-0.4, -0.2) is 55.3 Å². The van der Waals surface area contributed by atoms with Crippen molar-refractivity contribution >= 4 is 16.6 Å². The van der Waals surface area contributed by atoms with Gasteiger partial charge in [-0.2, -0.15) is 13.2 Å². The van der Waals surface area contributed by atoms with Crippen molar-refractivity contribution in [1.29, 1.82) is 0 Å². The second-order valence-electron chi connectivity index (χ2n) is 7.29. The van der Waals surface area contributed by atoms with Crippen LogP contribution in [0.4, 0.5) is 18.9 Å². The molecule has 2 aliphatic heterocycles. The molecule has 140 valence electrons. The van der Waals surface area contributed by atoms with Gasteiger partial charge in [-0.05, 0) is 32.0 Å². The van der Waals surface area contributed by atoms with Gasteiger partial charge in [-0.1, -0.05) is 12.1 Å². The number of ether oxygens (including phenoxy) is 1. The number of likely N-dealkylation sites (N-methyl/N-ethyl adjacent to an activating group) is 1. The summed E-state index contributed by atoms with van der Waals surface area (Å²) in [4.78, 5) is 8.47. The van der Waals surface area contributed by atoms with Crippen molar-refractivity contribution in [3.05, 3.63) is 36.0 Å². The minimum atomic E-state index is -4.41. The van der Waals surface area contributed by atoms with Gasteiger partial charge in [0.25, 0.3) is 0 Å². The zero-order valence-corrected chi connectivity index (χ0v) is 14.7. The predicted molar refractivity (Wildman–Crippen MR) is 94.4 cm³/mol. The maximum atomic E-state index is 13.3. The number of rotatable bonds is 1. The van der Waals surface area contributed by atoms with Crippen LogP contribution in [0, 0.1) is 0 Å². The van der Waals surface area contributed by atoms with Gasteiger partial charge < -0.3 is 14.5 Å². The Labute approximate surface area is 150 Å². The minimum Gasteiger partial charge on any atom is -0.372 e. The zero-order valence-electron chi connectivity index (χ0n) is 14.7. The lowest BCUT2D eigenvalue weighted by molar-refractivity contribution is -0.136. The van der Waals surface area contributed by atoms with Gasteiger partial charge in [-0.25, -0.2) is 0 Å². The van der Waals surface area contributed by atoms with E-state index in [1.165, 1.54) is 12.3 Å². The third-order valence-electron chi connectivity index (χ3n) is 5.51. The Kier molecular flexibility index (Phi) is 4.31. The van der Waals surface area contributed by atoms with Crippen molar-refractivity contribution in [1.82, 2.24) is 9.88 Å². The third-order valence-corrected chi connectivity index (χ3v) is 5.51. The standard InChI is InChI=1S/C19H22F3N3O/c1-24-11-12-26-18(13-24)6-9-25(10-7-18)16-5-8-23-17-14(16)3-2-4-15(17)19(20,21)22/h2-5,8H,6-7,9-13H2,1H3. The molecular weight excluding hydrogens is 343 g/mol. The first-order valence-electron chi connectivity index (χ1n) is 8.90. The molecule has 4 nitrogen and oxygen atoms in total. The van der Waals surface area contributed by atoms with Crippen molar-refractivity contribution < 1.29 is 17.9 Å². The first kappa shape index (κ1) is 17.5. The molecule has 7 heteroatoms. The first-order valence-corrected chi connectivity index (χ1v) is 8.90. The molecule has 0 atom stereocenters. The summed E-state index contributed by atoms with van der Waals surface area (Å²) in [6.45, 7) is 4.13. The number of nitrogens with zero attached hydrogens (tertiary/aromatic N) is 3. The number of hydrogen-bond donors (Lipinski definition) is 0. The van der Waals surface area contributed by atoms with Crippen LogP contribution in [-0.2, 0) is 10.9 Å². The third kappa shape index (κ3) is 3.14. The molecule has 2 saturated heterocycles. The van der Waals surface area contributed by atoms with Gasteiger partial charge in [0, 0.05) is 43.4 Å². The summed E-state index contributed by atoms with van der Waals surface area (Å²) in [6.07, 6.45) is -1.18. The Morgan fingerprint density at radius 3 is 2.58 bits per heavy atom. The maximum Gasteiger partial charge on any atom is 0.418 e. The summed E-state index contributed by atoms with van der Waals surface area (Å²) in [7, 11) is 2.10. The summed E-state index contributed by atoms with van der Waals surface area (Å²) in [5, 5.41) is 0.556. The molecule has 0 amide bonds. The van der Waals surface area contributed by atoms with E-state index in [2.05, 4.69) is 21.8 Å². The van der Waals surface area contributed by atoms with E-state index in [1.807, 2.05) is 6.07 Å². The Balaban J connectivity index is 1.62. The molecule has 3 heterocycles. The number of benzene rings is 1. The van der Waals surface area contributed by atoms with Crippen LogP contribution in [0.25, 0.3) is 10.9 Å². The van der Waals surface area contributed by atoms with Crippen LogP contribution in [0.2, 0.25) is 0 Å². The number of anilines is 1. The zero-order chi connectivity index (χ0) is 18.4. The number of pyridine rings is 1. The van der Waals surface area contributed by atoms with Gasteiger partial charge in [0.15, 0.2) is 0 Å². The quantitative estimate of drug-likeness (QED) is 0.773. The van der Waals surface area contributed by atoms with Crippen LogP contribution in [0.15, 0.2) is 30.5 Å². The van der Waals surface area contributed by atoms with Crippen LogP contribution >= 0.6 is 0 Å². The highest BCUT2D eigenvalue weighted by Crippen LogP contribution is 2.38. The first-order chi connectivity index (χ1) is 12.4. The van der Waals surface area contributed by atoms with Crippen LogP contribution in [0.1, 0.15) is 18.4 Å². The minimum absolute atomic E-state index is 0.0198. The SMILES string of the molecule is CN1CCOC2(CCN(c3ccnc4c(C(F)(F)F)cccc34)CC2)C1. The van der Waals surface area contributed by atoms with Crippen molar-refractivity contribution in [2.24, 2.45) is 0 Å². The lowest BCUT2D eigenvalue weighted by Gasteiger charge is -2.47. The topological polar surface area (TPSA) is 28.6 Å². The molecule has 2 aliphatic rings. The number of fused-ring (bicyclic) bond motifs is 1. The van der Waals surface area contributed by atoms with Gasteiger partial charge in [-0.15, -0.1) is 0 Å². The van der Waals surface area contributed by atoms with Crippen molar-refractivity contribution in [3.63, 3.8) is 0 Å². The normalized spacial score (nSPS) is 21.5. The highest BCUT2D eigenvalue weighted by Gasteiger charge is 2.39. The van der Waals surface area contributed by atoms with Crippen molar-refractivity contribution in [3.8, 4) is 0 Å². The van der Waals surface area contributed by atoms with Gasteiger partial charge >= 0.3 is 6.18 Å². The number of halogens is 3. The summed E-state index contributed by atoms with van der Waals surface area (Å²) in [5.74, 6) is 0. The van der Waals surface area contributed by atoms with E-state index in [4.69, 9.17) is 4.74 Å². The number of morpholine rings is 1. The Morgan fingerprint density at radius 1 is 1.12 bits per heavy atom. The van der Waals surface area contributed by atoms with Crippen LogP contribution in [0.5, 0.6) is 0 Å². The van der Waals surface area contributed by atoms with E-state index in [-0.39, 0.29) is 11.1 Å². The fraction of sp³-hybridized carbons (Fsp3) is 0.526. The highest BCUT2D eigenvalue weighted by molar-refractivity contribution is 5.93. The molecule has 0 radical (unpaired) electrons. The summed E-state index contributed by atoms with van der Waals surface area (Å²) >= 11 is 0. The molecule has 2 fully saturated rings. The second kappa shape index (κ2) is 6.39. The van der Waals surface area contributed by atoms with E-state index in [9.17, 15) is 13.2 Å². The fourth-order valence-electron chi connectivity index (χ4n) is 4.16. The smallest absolute Gasteiger partial charge is 0.372 e. The molecule has 2 aromatic rings. The average molecular weight is 365 g/mol. The molecule has 26 heavy (non-hydrogen) atoms. The molecule has 1 spiro atoms. The number of alkyl halides is 3. The van der Waals surface area contributed by atoms with E-state index < -0.39 is 11.7 Å². The van der Waals surface area contributed by atoms with Crippen molar-refractivity contribution in [2.45, 2.75) is 24.6 Å².